The number of aliphatic hydroxyl groups is 1. The highest BCUT2D eigenvalue weighted by Gasteiger charge is 2.35. The van der Waals surface area contributed by atoms with E-state index in [9.17, 15) is 14.7 Å². The monoisotopic (exact) mass is 335 g/mol. The van der Waals surface area contributed by atoms with E-state index in [1.54, 1.807) is 18.2 Å². The molecule has 1 aliphatic carbocycles. The Hall–Kier alpha value is -3.21. The molecule has 1 aliphatic rings. The molecule has 3 rings (SSSR count). The van der Waals surface area contributed by atoms with E-state index in [1.807, 2.05) is 25.1 Å². The number of ketones is 2. The number of benzene rings is 2. The Labute approximate surface area is 145 Å². The number of aliphatic hydroxyl groups excluding tert-OH is 1. The number of ether oxygens (including phenoxy) is 1. The number of nitrogens with zero attached hydrogens (tertiary/aromatic N) is 1. The molecule has 2 aromatic rings. The minimum absolute atomic E-state index is 0.0706. The normalized spacial score (nSPS) is 14.6. The molecule has 2 aromatic carbocycles. The Balaban J connectivity index is 2.21. The average molecular weight is 335 g/mol. The van der Waals surface area contributed by atoms with Crippen molar-refractivity contribution in [2.45, 2.75) is 6.92 Å². The molecule has 0 aliphatic heterocycles. The second kappa shape index (κ2) is 6.73. The summed E-state index contributed by atoms with van der Waals surface area (Å²) in [6, 6.07) is 13.6. The number of carbonyl (C=O) groups excluding carboxylic acids is 2. The van der Waals surface area contributed by atoms with Gasteiger partial charge in [0, 0.05) is 23.2 Å². The fourth-order valence-electron chi connectivity index (χ4n) is 2.81. The Bertz CT molecular complexity index is 911. The summed E-state index contributed by atoms with van der Waals surface area (Å²) < 4.78 is 5.15. The van der Waals surface area contributed by atoms with Gasteiger partial charge < -0.3 is 9.84 Å². The highest BCUT2D eigenvalue weighted by atomic mass is 16.5. The first-order chi connectivity index (χ1) is 12.1. The van der Waals surface area contributed by atoms with Crippen LogP contribution in [0.5, 0.6) is 5.75 Å². The van der Waals surface area contributed by atoms with Crippen LogP contribution in [0.25, 0.3) is 0 Å². The minimum atomic E-state index is -0.591. The number of rotatable bonds is 4. The molecule has 0 spiro atoms. The third-order valence-electron chi connectivity index (χ3n) is 4.00. The predicted octanol–water partition coefficient (Wildman–Crippen LogP) is 3.40. The minimum Gasteiger partial charge on any atom is -0.504 e. The Kier molecular flexibility index (Phi) is 4.48. The van der Waals surface area contributed by atoms with Crippen LogP contribution >= 0.6 is 0 Å². The van der Waals surface area contributed by atoms with E-state index in [-0.39, 0.29) is 16.7 Å². The molecule has 0 radical (unpaired) electrons. The van der Waals surface area contributed by atoms with Crippen molar-refractivity contribution in [3.05, 3.63) is 76.6 Å². The fraction of sp³-hybridized carbons (Fsp3) is 0.150. The predicted molar refractivity (Wildman–Crippen MR) is 94.8 cm³/mol. The van der Waals surface area contributed by atoms with Gasteiger partial charge in [-0.1, -0.05) is 30.3 Å². The molecule has 25 heavy (non-hydrogen) atoms. The molecular weight excluding hydrogens is 318 g/mol. The molecule has 126 valence electrons. The molecule has 0 unspecified atom stereocenters. The molecule has 0 aromatic heterocycles. The maximum Gasteiger partial charge on any atom is 0.228 e. The summed E-state index contributed by atoms with van der Waals surface area (Å²) in [5, 5.41) is 10.4. The summed E-state index contributed by atoms with van der Waals surface area (Å²) >= 11 is 0. The van der Waals surface area contributed by atoms with Crippen LogP contribution < -0.4 is 4.74 Å². The number of carbonyl (C=O) groups is 2. The van der Waals surface area contributed by atoms with Crippen LogP contribution in [0, 0.1) is 0 Å². The van der Waals surface area contributed by atoms with Crippen LogP contribution in [0.1, 0.15) is 33.2 Å². The summed E-state index contributed by atoms with van der Waals surface area (Å²) in [7, 11) is 1.49. The lowest BCUT2D eigenvalue weighted by atomic mass is 9.84. The SMILES string of the molecule is CCN=C(C1=C(O)C(=O)c2ccc(OC)cc2C1=O)c1ccccc1. The van der Waals surface area contributed by atoms with Crippen molar-refractivity contribution in [2.24, 2.45) is 4.99 Å². The number of fused-ring (bicyclic) bond motifs is 1. The number of hydrogen-bond acceptors (Lipinski definition) is 5. The van der Waals surface area contributed by atoms with Gasteiger partial charge in [0.15, 0.2) is 11.5 Å². The van der Waals surface area contributed by atoms with Crippen LogP contribution in [-0.4, -0.2) is 36.0 Å². The van der Waals surface area contributed by atoms with Crippen LogP contribution in [0.3, 0.4) is 0 Å². The Morgan fingerprint density at radius 2 is 1.76 bits per heavy atom. The van der Waals surface area contributed by atoms with Crippen molar-refractivity contribution in [1.29, 1.82) is 0 Å². The lowest BCUT2D eigenvalue weighted by Crippen LogP contribution is -2.27. The first-order valence-electron chi connectivity index (χ1n) is 7.89. The number of aliphatic imine (C=N–C) groups is 1. The number of hydrogen-bond donors (Lipinski definition) is 1. The molecular formula is C20H17NO4. The van der Waals surface area contributed by atoms with Crippen LogP contribution in [0.2, 0.25) is 0 Å². The van der Waals surface area contributed by atoms with E-state index in [1.165, 1.54) is 19.2 Å². The zero-order valence-corrected chi connectivity index (χ0v) is 13.9. The van der Waals surface area contributed by atoms with E-state index >= 15 is 0 Å². The summed E-state index contributed by atoms with van der Waals surface area (Å²) in [4.78, 5) is 29.9. The topological polar surface area (TPSA) is 76.0 Å². The van der Waals surface area contributed by atoms with E-state index in [0.29, 0.717) is 23.6 Å². The van der Waals surface area contributed by atoms with Crippen molar-refractivity contribution in [3.63, 3.8) is 0 Å². The van der Waals surface area contributed by atoms with Gasteiger partial charge in [0.05, 0.1) is 18.4 Å². The van der Waals surface area contributed by atoms with Crippen LogP contribution in [0.4, 0.5) is 0 Å². The Morgan fingerprint density at radius 1 is 1.04 bits per heavy atom. The summed E-state index contributed by atoms with van der Waals surface area (Å²) in [5.74, 6) is -1.14. The van der Waals surface area contributed by atoms with Gasteiger partial charge in [0.25, 0.3) is 0 Å². The van der Waals surface area contributed by atoms with Gasteiger partial charge >= 0.3 is 0 Å². The second-order valence-electron chi connectivity index (χ2n) is 5.48. The standard InChI is InChI=1S/C20H17NO4/c1-3-21-17(12-7-5-4-6-8-12)16-18(22)15-11-13(25-2)9-10-14(15)19(23)20(16)24/h4-11,24H,3H2,1-2H3. The quantitative estimate of drug-likeness (QED) is 0.869. The zero-order valence-electron chi connectivity index (χ0n) is 13.9. The van der Waals surface area contributed by atoms with Gasteiger partial charge in [-0.2, -0.15) is 0 Å². The summed E-state index contributed by atoms with van der Waals surface area (Å²) in [6.45, 7) is 2.24. The number of Topliss-reactive ketones (excluding diaryl/α,β-unsaturated/α-hetero) is 2. The third-order valence-corrected chi connectivity index (χ3v) is 4.00. The molecule has 5 heteroatoms. The molecule has 0 saturated heterocycles. The van der Waals surface area contributed by atoms with Gasteiger partial charge in [-0.05, 0) is 25.1 Å². The van der Waals surface area contributed by atoms with Crippen LogP contribution in [-0.2, 0) is 0 Å². The molecule has 0 amide bonds. The average Bonchev–Trinajstić information content (AvgIpc) is 2.66. The van der Waals surface area contributed by atoms with Crippen LogP contribution in [0.15, 0.2) is 64.9 Å². The molecule has 1 N–H and O–H groups in total. The van der Waals surface area contributed by atoms with Crippen molar-refractivity contribution >= 4 is 17.3 Å². The maximum atomic E-state index is 13.0. The first kappa shape index (κ1) is 16.6. The largest absolute Gasteiger partial charge is 0.504 e. The van der Waals surface area contributed by atoms with E-state index in [4.69, 9.17) is 4.74 Å². The van der Waals surface area contributed by atoms with E-state index in [0.717, 1.165) is 0 Å². The van der Waals surface area contributed by atoms with Gasteiger partial charge in [0.1, 0.15) is 5.75 Å². The van der Waals surface area contributed by atoms with Crippen molar-refractivity contribution in [2.75, 3.05) is 13.7 Å². The first-order valence-corrected chi connectivity index (χ1v) is 7.89. The molecule has 0 heterocycles. The summed E-state index contributed by atoms with van der Waals surface area (Å²) in [5.41, 5.74) is 1.28. The van der Waals surface area contributed by atoms with Gasteiger partial charge in [-0.25, -0.2) is 0 Å². The summed E-state index contributed by atoms with van der Waals surface area (Å²) in [6.07, 6.45) is 0. The van der Waals surface area contributed by atoms with Gasteiger partial charge in [-0.3, -0.25) is 14.6 Å². The van der Waals surface area contributed by atoms with Crippen molar-refractivity contribution in [3.8, 4) is 5.75 Å². The number of methoxy groups -OCH3 is 1. The second-order valence-corrected chi connectivity index (χ2v) is 5.48. The van der Waals surface area contributed by atoms with Gasteiger partial charge in [0.2, 0.25) is 5.78 Å². The Morgan fingerprint density at radius 3 is 2.40 bits per heavy atom. The third kappa shape index (κ3) is 2.85. The lowest BCUT2D eigenvalue weighted by Gasteiger charge is -2.19. The highest BCUT2D eigenvalue weighted by molar-refractivity contribution is 6.40. The number of allylic oxidation sites excluding steroid dienone is 2. The maximum absolute atomic E-state index is 13.0. The smallest absolute Gasteiger partial charge is 0.228 e. The molecule has 0 bridgehead atoms. The van der Waals surface area contributed by atoms with E-state index in [2.05, 4.69) is 4.99 Å². The molecule has 0 atom stereocenters. The highest BCUT2D eigenvalue weighted by Crippen LogP contribution is 2.30. The molecule has 0 fully saturated rings. The van der Waals surface area contributed by atoms with Crippen molar-refractivity contribution < 1.29 is 19.4 Å². The lowest BCUT2D eigenvalue weighted by molar-refractivity contribution is 0.0934. The van der Waals surface area contributed by atoms with Crippen molar-refractivity contribution in [1.82, 2.24) is 0 Å². The molecule has 0 saturated carbocycles. The molecule has 5 nitrogen and oxygen atoms in total. The van der Waals surface area contributed by atoms with Gasteiger partial charge in [-0.15, -0.1) is 0 Å². The van der Waals surface area contributed by atoms with E-state index < -0.39 is 17.3 Å². The fourth-order valence-corrected chi connectivity index (χ4v) is 2.81. The zero-order chi connectivity index (χ0) is 18.0.